The van der Waals surface area contributed by atoms with Gasteiger partial charge >= 0.3 is 0 Å². The monoisotopic (exact) mass is 531 g/mol. The molecule has 200 valence electrons. The fourth-order valence-electron chi connectivity index (χ4n) is 3.88. The van der Waals surface area contributed by atoms with E-state index in [1.54, 1.807) is 63.6 Å². The van der Waals surface area contributed by atoms with Crippen LogP contribution in [0.4, 0.5) is 4.39 Å². The molecular formula is C26H34FN5O4S. The van der Waals surface area contributed by atoms with Gasteiger partial charge in [0.1, 0.15) is 11.9 Å². The molecule has 0 saturated carbocycles. The van der Waals surface area contributed by atoms with Gasteiger partial charge in [0.15, 0.2) is 5.69 Å². The molecule has 0 bridgehead atoms. The number of aromatic nitrogens is 2. The molecule has 1 heterocycles. The molecule has 0 aliphatic carbocycles. The third-order valence-corrected chi connectivity index (χ3v) is 7.18. The third-order valence-electron chi connectivity index (χ3n) is 5.61. The molecule has 0 fully saturated rings. The Kier molecular flexibility index (Phi) is 8.70. The maximum atomic E-state index is 13.4. The lowest BCUT2D eigenvalue weighted by atomic mass is 9.86. The van der Waals surface area contributed by atoms with E-state index in [-0.39, 0.29) is 29.9 Å². The molecule has 0 aliphatic rings. The van der Waals surface area contributed by atoms with Crippen molar-refractivity contribution in [2.45, 2.75) is 53.2 Å². The first-order valence-corrected chi connectivity index (χ1v) is 13.7. The van der Waals surface area contributed by atoms with Crippen molar-refractivity contribution in [3.05, 3.63) is 65.6 Å². The molecule has 9 nitrogen and oxygen atoms in total. The molecule has 3 rings (SSSR count). The Labute approximate surface area is 216 Å². The van der Waals surface area contributed by atoms with Gasteiger partial charge in [0, 0.05) is 18.0 Å². The molecule has 0 spiro atoms. The van der Waals surface area contributed by atoms with E-state index in [1.165, 1.54) is 12.1 Å². The van der Waals surface area contributed by atoms with Crippen LogP contribution in [0.5, 0.6) is 0 Å². The topological polar surface area (TPSA) is 122 Å². The summed E-state index contributed by atoms with van der Waals surface area (Å²) in [7, 11) is -3.54. The highest BCUT2D eigenvalue weighted by Crippen LogP contribution is 2.23. The van der Waals surface area contributed by atoms with Gasteiger partial charge in [-0.05, 0) is 43.0 Å². The van der Waals surface area contributed by atoms with Crippen LogP contribution in [0.3, 0.4) is 0 Å². The van der Waals surface area contributed by atoms with Gasteiger partial charge in [0.25, 0.3) is 5.91 Å². The van der Waals surface area contributed by atoms with Crippen LogP contribution in [0.15, 0.2) is 48.5 Å². The van der Waals surface area contributed by atoms with Gasteiger partial charge in [0.05, 0.1) is 17.8 Å². The summed E-state index contributed by atoms with van der Waals surface area (Å²) in [5.74, 6) is -1.64. The van der Waals surface area contributed by atoms with Crippen LogP contribution in [0.2, 0.25) is 0 Å². The molecule has 3 N–H and O–H groups in total. The standard InChI is InChI=1S/C26H34FN5O4S/c1-17(2)31-37(35,36)15-14-28-25(34)23(26(3,4)5)29-24(33)22-20-8-6-7-9-21(20)32(30-22)16-18-10-12-19(27)13-11-18/h6-13,17,23,31H,14-16H2,1-5H3,(H,28,34)(H,29,33)/t23-/m1/s1. The quantitative estimate of drug-likeness (QED) is 0.371. The number of nitrogens with zero attached hydrogens (tertiary/aromatic N) is 2. The number of halogens is 1. The molecule has 1 atom stereocenters. The smallest absolute Gasteiger partial charge is 0.273 e. The van der Waals surface area contributed by atoms with Crippen molar-refractivity contribution >= 4 is 32.7 Å². The van der Waals surface area contributed by atoms with Crippen molar-refractivity contribution in [3.63, 3.8) is 0 Å². The molecule has 2 aromatic carbocycles. The number of rotatable bonds is 10. The third kappa shape index (κ3) is 7.59. The number of sulfonamides is 1. The Morgan fingerprint density at radius 3 is 2.32 bits per heavy atom. The number of carbonyl (C=O) groups is 2. The van der Waals surface area contributed by atoms with Gasteiger partial charge in [-0.25, -0.2) is 17.5 Å². The zero-order valence-corrected chi connectivity index (χ0v) is 22.5. The maximum Gasteiger partial charge on any atom is 0.273 e. The van der Waals surface area contributed by atoms with E-state index in [9.17, 15) is 22.4 Å². The van der Waals surface area contributed by atoms with E-state index < -0.39 is 33.3 Å². The molecular weight excluding hydrogens is 497 g/mol. The van der Waals surface area contributed by atoms with Gasteiger partial charge in [-0.3, -0.25) is 14.3 Å². The second-order valence-corrected chi connectivity index (χ2v) is 12.2. The van der Waals surface area contributed by atoms with Crippen molar-refractivity contribution in [1.82, 2.24) is 25.1 Å². The first-order valence-electron chi connectivity index (χ1n) is 12.1. The summed E-state index contributed by atoms with van der Waals surface area (Å²) < 4.78 is 41.6. The Balaban J connectivity index is 1.79. The summed E-state index contributed by atoms with van der Waals surface area (Å²) in [6.45, 7) is 9.08. The summed E-state index contributed by atoms with van der Waals surface area (Å²) in [5.41, 5.74) is 1.02. The van der Waals surface area contributed by atoms with Crippen molar-refractivity contribution in [1.29, 1.82) is 0 Å². The second kappa shape index (κ2) is 11.4. The fourth-order valence-corrected chi connectivity index (χ4v) is 5.09. The molecule has 1 aromatic heterocycles. The SMILES string of the molecule is CC(C)NS(=O)(=O)CCNC(=O)[C@@H](NC(=O)c1nn(Cc2ccc(F)cc2)c2ccccc12)C(C)(C)C. The van der Waals surface area contributed by atoms with Crippen LogP contribution in [-0.4, -0.2) is 54.4 Å². The average molecular weight is 532 g/mol. The van der Waals surface area contributed by atoms with Gasteiger partial charge in [-0.15, -0.1) is 0 Å². The van der Waals surface area contributed by atoms with E-state index in [1.807, 2.05) is 12.1 Å². The Bertz CT molecular complexity index is 1360. The summed E-state index contributed by atoms with van der Waals surface area (Å²) >= 11 is 0. The van der Waals surface area contributed by atoms with Crippen LogP contribution < -0.4 is 15.4 Å². The zero-order chi connectivity index (χ0) is 27.4. The van der Waals surface area contributed by atoms with Crippen LogP contribution in [0.1, 0.15) is 50.7 Å². The van der Waals surface area contributed by atoms with Crippen molar-refractivity contribution in [3.8, 4) is 0 Å². The summed E-state index contributed by atoms with van der Waals surface area (Å²) in [5, 5.41) is 10.5. The number of fused-ring (bicyclic) bond motifs is 1. The lowest BCUT2D eigenvalue weighted by Crippen LogP contribution is -2.54. The highest BCUT2D eigenvalue weighted by molar-refractivity contribution is 7.89. The lowest BCUT2D eigenvalue weighted by molar-refractivity contribution is -0.125. The molecule has 0 radical (unpaired) electrons. The first kappa shape index (κ1) is 28.3. The molecule has 37 heavy (non-hydrogen) atoms. The number of benzene rings is 2. The van der Waals surface area contributed by atoms with E-state index in [2.05, 4.69) is 20.5 Å². The minimum Gasteiger partial charge on any atom is -0.353 e. The number of hydrogen-bond acceptors (Lipinski definition) is 5. The van der Waals surface area contributed by atoms with Crippen LogP contribution in [0.25, 0.3) is 10.9 Å². The molecule has 0 saturated heterocycles. The Hall–Kier alpha value is -3.31. The fraction of sp³-hybridized carbons (Fsp3) is 0.423. The van der Waals surface area contributed by atoms with E-state index in [4.69, 9.17) is 0 Å². The number of hydrogen-bond donors (Lipinski definition) is 3. The second-order valence-electron chi connectivity index (χ2n) is 10.3. The maximum absolute atomic E-state index is 13.4. The van der Waals surface area contributed by atoms with Gasteiger partial charge in [0.2, 0.25) is 15.9 Å². The Morgan fingerprint density at radius 2 is 1.70 bits per heavy atom. The van der Waals surface area contributed by atoms with Gasteiger partial charge < -0.3 is 10.6 Å². The molecule has 11 heteroatoms. The van der Waals surface area contributed by atoms with Gasteiger partial charge in [-0.2, -0.15) is 5.10 Å². The predicted octanol–water partition coefficient (Wildman–Crippen LogP) is 2.81. The Morgan fingerprint density at radius 1 is 1.05 bits per heavy atom. The molecule has 0 aliphatic heterocycles. The molecule has 3 aromatic rings. The molecule has 0 unspecified atom stereocenters. The zero-order valence-electron chi connectivity index (χ0n) is 21.7. The summed E-state index contributed by atoms with van der Waals surface area (Å²) in [6, 6.07) is 12.1. The minimum absolute atomic E-state index is 0.0986. The highest BCUT2D eigenvalue weighted by atomic mass is 32.2. The number of amides is 2. The summed E-state index contributed by atoms with van der Waals surface area (Å²) in [4.78, 5) is 26.4. The van der Waals surface area contributed by atoms with Gasteiger partial charge in [-0.1, -0.05) is 51.1 Å². The lowest BCUT2D eigenvalue weighted by Gasteiger charge is -2.30. The van der Waals surface area contributed by atoms with Crippen LogP contribution >= 0.6 is 0 Å². The summed E-state index contributed by atoms with van der Waals surface area (Å²) in [6.07, 6.45) is 0. The minimum atomic E-state index is -3.54. The number of carbonyl (C=O) groups excluding carboxylic acids is 2. The number of nitrogens with one attached hydrogen (secondary N) is 3. The van der Waals surface area contributed by atoms with Crippen LogP contribution in [0, 0.1) is 11.2 Å². The van der Waals surface area contributed by atoms with Crippen molar-refractivity contribution in [2.24, 2.45) is 5.41 Å². The average Bonchev–Trinajstić information content (AvgIpc) is 3.15. The number of para-hydroxylation sites is 1. The highest BCUT2D eigenvalue weighted by Gasteiger charge is 2.34. The van der Waals surface area contributed by atoms with E-state index >= 15 is 0 Å². The molecule has 2 amide bonds. The predicted molar refractivity (Wildman–Crippen MR) is 141 cm³/mol. The van der Waals surface area contributed by atoms with E-state index in [0.29, 0.717) is 11.9 Å². The normalized spacial score (nSPS) is 13.1. The first-order chi connectivity index (χ1) is 17.3. The van der Waals surface area contributed by atoms with Crippen molar-refractivity contribution in [2.75, 3.05) is 12.3 Å². The van der Waals surface area contributed by atoms with E-state index in [0.717, 1.165) is 11.1 Å². The van der Waals surface area contributed by atoms with Crippen molar-refractivity contribution < 1.29 is 22.4 Å². The van der Waals surface area contributed by atoms with Crippen LogP contribution in [-0.2, 0) is 21.4 Å². The largest absolute Gasteiger partial charge is 0.353 e.